The molecule has 3 aromatic rings. The summed E-state index contributed by atoms with van der Waals surface area (Å²) in [6, 6.07) is 16.0. The van der Waals surface area contributed by atoms with Gasteiger partial charge in [-0.25, -0.2) is 4.68 Å². The summed E-state index contributed by atoms with van der Waals surface area (Å²) >= 11 is 0. The normalized spacial score (nSPS) is 10.5. The lowest BCUT2D eigenvalue weighted by molar-refractivity contribution is -0.119. The van der Waals surface area contributed by atoms with Crippen molar-refractivity contribution in [3.05, 3.63) is 70.5 Å². The molecule has 1 aromatic heterocycles. The van der Waals surface area contributed by atoms with Gasteiger partial charge < -0.3 is 14.4 Å². The zero-order chi connectivity index (χ0) is 21.7. The van der Waals surface area contributed by atoms with Gasteiger partial charge in [0.25, 0.3) is 5.56 Å². The Morgan fingerprint density at radius 3 is 2.53 bits per heavy atom. The minimum absolute atomic E-state index is 0.166. The molecule has 0 radical (unpaired) electrons. The second kappa shape index (κ2) is 9.26. The number of amides is 1. The van der Waals surface area contributed by atoms with Gasteiger partial charge in [0, 0.05) is 23.9 Å². The van der Waals surface area contributed by atoms with Crippen molar-refractivity contribution in [1.29, 1.82) is 0 Å². The highest BCUT2D eigenvalue weighted by Crippen LogP contribution is 2.31. The maximum Gasteiger partial charge on any atom is 0.267 e. The number of hydrogen-bond acceptors (Lipinski definition) is 5. The van der Waals surface area contributed by atoms with Gasteiger partial charge in [0.2, 0.25) is 5.91 Å². The van der Waals surface area contributed by atoms with E-state index in [4.69, 9.17) is 9.47 Å². The summed E-state index contributed by atoms with van der Waals surface area (Å²) in [5.41, 5.74) is 2.68. The Balaban J connectivity index is 1.94. The van der Waals surface area contributed by atoms with Crippen molar-refractivity contribution in [3.63, 3.8) is 0 Å². The first-order valence-corrected chi connectivity index (χ1v) is 9.64. The van der Waals surface area contributed by atoms with Crippen LogP contribution in [0.3, 0.4) is 0 Å². The van der Waals surface area contributed by atoms with Crippen molar-refractivity contribution >= 4 is 11.6 Å². The van der Waals surface area contributed by atoms with E-state index in [9.17, 15) is 9.59 Å². The highest BCUT2D eigenvalue weighted by Gasteiger charge is 2.17. The minimum Gasteiger partial charge on any atom is -0.497 e. The molecule has 156 valence electrons. The quantitative estimate of drug-likeness (QED) is 0.601. The van der Waals surface area contributed by atoms with Crippen molar-refractivity contribution < 1.29 is 14.3 Å². The van der Waals surface area contributed by atoms with Gasteiger partial charge in [-0.2, -0.15) is 5.10 Å². The van der Waals surface area contributed by atoms with E-state index in [-0.39, 0.29) is 18.0 Å². The second-order valence-electron chi connectivity index (χ2n) is 6.76. The average molecular weight is 407 g/mol. The molecule has 7 nitrogen and oxygen atoms in total. The number of carbonyl (C=O) groups excluding carboxylic acids is 1. The molecule has 1 heterocycles. The molecule has 0 atom stereocenters. The molecule has 30 heavy (non-hydrogen) atoms. The van der Waals surface area contributed by atoms with Gasteiger partial charge in [-0.05, 0) is 55.8 Å². The fourth-order valence-electron chi connectivity index (χ4n) is 3.23. The summed E-state index contributed by atoms with van der Waals surface area (Å²) in [5.74, 6) is 1.01. The molecule has 0 fully saturated rings. The van der Waals surface area contributed by atoms with Gasteiger partial charge in [0.1, 0.15) is 18.0 Å². The van der Waals surface area contributed by atoms with Crippen LogP contribution in [0.5, 0.6) is 11.5 Å². The number of likely N-dealkylation sites (N-methyl/N-ethyl adjacent to an activating group) is 1. The second-order valence-corrected chi connectivity index (χ2v) is 6.76. The predicted molar refractivity (Wildman–Crippen MR) is 116 cm³/mol. The van der Waals surface area contributed by atoms with Crippen LogP contribution in [0.4, 0.5) is 5.69 Å². The fourth-order valence-corrected chi connectivity index (χ4v) is 3.23. The molecule has 0 aliphatic carbocycles. The van der Waals surface area contributed by atoms with E-state index in [1.165, 1.54) is 10.7 Å². The van der Waals surface area contributed by atoms with Crippen molar-refractivity contribution in [1.82, 2.24) is 9.78 Å². The van der Waals surface area contributed by atoms with E-state index in [0.717, 1.165) is 11.3 Å². The van der Waals surface area contributed by atoms with Gasteiger partial charge in [-0.1, -0.05) is 12.1 Å². The fraction of sp³-hybridized carbons (Fsp3) is 0.261. The molecule has 2 aromatic carbocycles. The lowest BCUT2D eigenvalue weighted by atomic mass is 10.1. The molecule has 0 saturated carbocycles. The molecular formula is C23H25N3O4. The Morgan fingerprint density at radius 1 is 1.07 bits per heavy atom. The van der Waals surface area contributed by atoms with Crippen molar-refractivity contribution in [2.24, 2.45) is 0 Å². The smallest absolute Gasteiger partial charge is 0.267 e. The zero-order valence-electron chi connectivity index (χ0n) is 17.6. The molecule has 7 heteroatoms. The molecule has 0 saturated heterocycles. The first-order valence-electron chi connectivity index (χ1n) is 9.64. The van der Waals surface area contributed by atoms with Crippen LogP contribution < -0.4 is 19.9 Å². The summed E-state index contributed by atoms with van der Waals surface area (Å²) in [5, 5.41) is 4.42. The first kappa shape index (κ1) is 21.1. The first-order chi connectivity index (χ1) is 14.5. The van der Waals surface area contributed by atoms with Crippen LogP contribution in [0, 0.1) is 6.92 Å². The van der Waals surface area contributed by atoms with Crippen LogP contribution in [0.25, 0.3) is 11.3 Å². The summed E-state index contributed by atoms with van der Waals surface area (Å²) < 4.78 is 11.9. The van der Waals surface area contributed by atoms with E-state index in [1.807, 2.05) is 38.1 Å². The lowest BCUT2D eigenvalue weighted by Crippen LogP contribution is -2.37. The topological polar surface area (TPSA) is 73.7 Å². The van der Waals surface area contributed by atoms with Gasteiger partial charge in [0.05, 0.1) is 19.9 Å². The van der Waals surface area contributed by atoms with E-state index in [0.29, 0.717) is 29.3 Å². The van der Waals surface area contributed by atoms with Crippen LogP contribution in [-0.4, -0.2) is 36.5 Å². The predicted octanol–water partition coefficient (Wildman–Crippen LogP) is 3.29. The van der Waals surface area contributed by atoms with Crippen molar-refractivity contribution in [2.75, 3.05) is 25.7 Å². The summed E-state index contributed by atoms with van der Waals surface area (Å²) in [6.45, 7) is 4.19. The Bertz CT molecular complexity index is 1110. The molecule has 1 amide bonds. The Hall–Kier alpha value is -3.61. The van der Waals surface area contributed by atoms with Gasteiger partial charge >= 0.3 is 0 Å². The molecular weight excluding hydrogens is 382 g/mol. The number of rotatable bonds is 7. The maximum absolute atomic E-state index is 13.0. The third-order valence-electron chi connectivity index (χ3n) is 4.76. The zero-order valence-corrected chi connectivity index (χ0v) is 17.6. The van der Waals surface area contributed by atoms with Crippen LogP contribution in [-0.2, 0) is 11.3 Å². The monoisotopic (exact) mass is 407 g/mol. The minimum atomic E-state index is -0.353. The molecule has 0 bridgehead atoms. The van der Waals surface area contributed by atoms with Crippen LogP contribution in [0.1, 0.15) is 12.5 Å². The average Bonchev–Trinajstić information content (AvgIpc) is 2.75. The number of aryl methyl sites for hydroxylation is 1. The van der Waals surface area contributed by atoms with Crippen LogP contribution in [0.15, 0.2) is 59.4 Å². The van der Waals surface area contributed by atoms with Crippen molar-refractivity contribution in [3.8, 4) is 22.8 Å². The number of ether oxygens (including phenoxy) is 2. The molecule has 0 unspecified atom stereocenters. The number of nitrogens with zero attached hydrogens (tertiary/aromatic N) is 3. The maximum atomic E-state index is 13.0. The van der Waals surface area contributed by atoms with Crippen molar-refractivity contribution in [2.45, 2.75) is 20.4 Å². The van der Waals surface area contributed by atoms with Crippen LogP contribution in [0.2, 0.25) is 0 Å². The highest BCUT2D eigenvalue weighted by molar-refractivity contribution is 5.93. The van der Waals surface area contributed by atoms with E-state index in [2.05, 4.69) is 5.10 Å². The standard InChI is InChI=1S/C23H25N3O4/c1-5-25(17-8-6-7-16(2)13-17)23(28)15-26-22(27)12-10-20(24-26)19-14-18(29-3)9-11-21(19)30-4/h6-14H,5,15H2,1-4H3. The number of hydrogen-bond donors (Lipinski definition) is 0. The third kappa shape index (κ3) is 4.51. The van der Waals surface area contributed by atoms with E-state index < -0.39 is 0 Å². The summed E-state index contributed by atoms with van der Waals surface area (Å²) in [4.78, 5) is 27.0. The van der Waals surface area contributed by atoms with Gasteiger partial charge in [-0.3, -0.25) is 9.59 Å². The van der Waals surface area contributed by atoms with Gasteiger partial charge in [-0.15, -0.1) is 0 Å². The van der Waals surface area contributed by atoms with Gasteiger partial charge in [0.15, 0.2) is 0 Å². The highest BCUT2D eigenvalue weighted by atomic mass is 16.5. The Labute approximate surface area is 175 Å². The SMILES string of the molecule is CCN(C(=O)Cn1nc(-c2cc(OC)ccc2OC)ccc1=O)c1cccc(C)c1. The summed E-state index contributed by atoms with van der Waals surface area (Å²) in [6.07, 6.45) is 0. The molecule has 0 aliphatic rings. The largest absolute Gasteiger partial charge is 0.497 e. The number of methoxy groups -OCH3 is 2. The molecule has 0 N–H and O–H groups in total. The van der Waals surface area contributed by atoms with E-state index >= 15 is 0 Å². The molecule has 0 spiro atoms. The summed E-state index contributed by atoms with van der Waals surface area (Å²) in [7, 11) is 3.13. The Kier molecular flexibility index (Phi) is 6.51. The third-order valence-corrected chi connectivity index (χ3v) is 4.76. The molecule has 3 rings (SSSR count). The lowest BCUT2D eigenvalue weighted by Gasteiger charge is -2.21. The Morgan fingerprint density at radius 2 is 1.87 bits per heavy atom. The molecule has 0 aliphatic heterocycles. The van der Waals surface area contributed by atoms with E-state index in [1.54, 1.807) is 43.4 Å². The number of aromatic nitrogens is 2. The van der Waals surface area contributed by atoms with Crippen LogP contribution >= 0.6 is 0 Å². The number of carbonyl (C=O) groups is 1. The number of anilines is 1. The number of benzene rings is 2.